The van der Waals surface area contributed by atoms with E-state index in [4.69, 9.17) is 23.2 Å². The van der Waals surface area contributed by atoms with Gasteiger partial charge in [-0.2, -0.15) is 5.10 Å². The Balaban J connectivity index is 1.37. The predicted octanol–water partition coefficient (Wildman–Crippen LogP) is 4.10. The number of piperidine rings is 1. The number of nitrogens with one attached hydrogen (secondary N) is 1. The van der Waals surface area contributed by atoms with Crippen molar-refractivity contribution in [2.45, 2.75) is 44.3 Å². The summed E-state index contributed by atoms with van der Waals surface area (Å²) < 4.78 is 1.98. The van der Waals surface area contributed by atoms with Crippen LogP contribution >= 0.6 is 23.2 Å². The van der Waals surface area contributed by atoms with Gasteiger partial charge in [0.05, 0.1) is 36.4 Å². The first kappa shape index (κ1) is 24.4. The Morgan fingerprint density at radius 1 is 1.20 bits per heavy atom. The number of fused-ring (bicyclic) bond motifs is 1. The SMILES string of the molecule is C[C@H](c1ccc(Cl)cc1Cl)n1ncc2ccc(N3CCN(C(=O)C4CCCCN4)[C@H](CO)C3)cc21. The largest absolute Gasteiger partial charge is 0.394 e. The number of aromatic nitrogens is 2. The van der Waals surface area contributed by atoms with Crippen LogP contribution in [0.1, 0.15) is 37.8 Å². The summed E-state index contributed by atoms with van der Waals surface area (Å²) in [6.07, 6.45) is 4.92. The van der Waals surface area contributed by atoms with Gasteiger partial charge < -0.3 is 20.2 Å². The number of halogens is 2. The lowest BCUT2D eigenvalue weighted by molar-refractivity contribution is -0.137. The molecule has 3 aromatic rings. The number of hydrogen-bond donors (Lipinski definition) is 2. The molecule has 2 N–H and O–H groups in total. The van der Waals surface area contributed by atoms with Crippen LogP contribution < -0.4 is 10.2 Å². The number of carbonyl (C=O) groups excluding carboxylic acids is 1. The lowest BCUT2D eigenvalue weighted by atomic mass is 10.0. The van der Waals surface area contributed by atoms with Gasteiger partial charge in [0.15, 0.2) is 0 Å². The van der Waals surface area contributed by atoms with Crippen molar-refractivity contribution in [2.24, 2.45) is 0 Å². The van der Waals surface area contributed by atoms with E-state index in [-0.39, 0.29) is 30.6 Å². The van der Waals surface area contributed by atoms with E-state index in [1.165, 1.54) is 0 Å². The van der Waals surface area contributed by atoms with Gasteiger partial charge in [0.2, 0.25) is 5.91 Å². The van der Waals surface area contributed by atoms with Crippen LogP contribution in [0.25, 0.3) is 10.9 Å². The zero-order valence-electron chi connectivity index (χ0n) is 19.8. The second-order valence-electron chi connectivity index (χ2n) is 9.49. The summed E-state index contributed by atoms with van der Waals surface area (Å²) in [4.78, 5) is 17.2. The molecule has 2 aromatic carbocycles. The third-order valence-electron chi connectivity index (χ3n) is 7.31. The Morgan fingerprint density at radius 3 is 2.80 bits per heavy atom. The fraction of sp³-hybridized carbons (Fsp3) is 0.462. The van der Waals surface area contributed by atoms with E-state index in [0.717, 1.165) is 48.0 Å². The molecule has 3 atom stereocenters. The molecule has 9 heteroatoms. The van der Waals surface area contributed by atoms with E-state index in [9.17, 15) is 9.90 Å². The van der Waals surface area contributed by atoms with Crippen molar-refractivity contribution in [3.63, 3.8) is 0 Å². The lowest BCUT2D eigenvalue weighted by Crippen LogP contribution is -2.60. The van der Waals surface area contributed by atoms with Gasteiger partial charge in [0.25, 0.3) is 0 Å². The predicted molar refractivity (Wildman–Crippen MR) is 140 cm³/mol. The number of rotatable bonds is 5. The molecule has 186 valence electrons. The number of hydrogen-bond acceptors (Lipinski definition) is 5. The minimum atomic E-state index is -0.229. The maximum Gasteiger partial charge on any atom is 0.240 e. The van der Waals surface area contributed by atoms with Crippen molar-refractivity contribution in [3.05, 3.63) is 58.2 Å². The molecule has 1 amide bonds. The number of benzene rings is 2. The fourth-order valence-electron chi connectivity index (χ4n) is 5.30. The Morgan fingerprint density at radius 2 is 2.06 bits per heavy atom. The normalized spacial score (nSPS) is 21.9. The molecule has 0 spiro atoms. The van der Waals surface area contributed by atoms with E-state index < -0.39 is 0 Å². The van der Waals surface area contributed by atoms with Crippen LogP contribution in [-0.2, 0) is 4.79 Å². The summed E-state index contributed by atoms with van der Waals surface area (Å²) in [5, 5.41) is 20.4. The minimum Gasteiger partial charge on any atom is -0.394 e. The van der Waals surface area contributed by atoms with E-state index in [0.29, 0.717) is 29.7 Å². The van der Waals surface area contributed by atoms with Crippen LogP contribution in [0, 0.1) is 0 Å². The van der Waals surface area contributed by atoms with Crippen LogP contribution in [-0.4, -0.2) is 70.6 Å². The van der Waals surface area contributed by atoms with Gasteiger partial charge in [-0.05, 0) is 62.2 Å². The summed E-state index contributed by atoms with van der Waals surface area (Å²) in [5.41, 5.74) is 3.01. The molecule has 2 fully saturated rings. The van der Waals surface area contributed by atoms with Crippen molar-refractivity contribution >= 4 is 45.7 Å². The van der Waals surface area contributed by atoms with Gasteiger partial charge in [-0.3, -0.25) is 9.48 Å². The molecule has 1 aromatic heterocycles. The third kappa shape index (κ3) is 4.87. The molecule has 35 heavy (non-hydrogen) atoms. The van der Waals surface area contributed by atoms with Crippen molar-refractivity contribution in [3.8, 4) is 0 Å². The molecular weight excluding hydrogens is 485 g/mol. The molecule has 5 rings (SSSR count). The van der Waals surface area contributed by atoms with Crippen LogP contribution in [0.15, 0.2) is 42.6 Å². The topological polar surface area (TPSA) is 73.6 Å². The molecule has 0 radical (unpaired) electrons. The van der Waals surface area contributed by atoms with Crippen molar-refractivity contribution < 1.29 is 9.90 Å². The van der Waals surface area contributed by atoms with Crippen LogP contribution in [0.3, 0.4) is 0 Å². The van der Waals surface area contributed by atoms with Crippen LogP contribution in [0.2, 0.25) is 10.0 Å². The van der Waals surface area contributed by atoms with Gasteiger partial charge >= 0.3 is 0 Å². The Bertz CT molecular complexity index is 1210. The van der Waals surface area contributed by atoms with E-state index >= 15 is 0 Å². The van der Waals surface area contributed by atoms with Crippen molar-refractivity contribution in [1.29, 1.82) is 0 Å². The monoisotopic (exact) mass is 515 g/mol. The van der Waals surface area contributed by atoms with E-state index in [1.807, 2.05) is 27.9 Å². The molecule has 0 aliphatic carbocycles. The van der Waals surface area contributed by atoms with E-state index in [2.05, 4.69) is 40.4 Å². The van der Waals surface area contributed by atoms with Crippen LogP contribution in [0.4, 0.5) is 5.69 Å². The number of aliphatic hydroxyl groups is 1. The average molecular weight is 516 g/mol. The molecule has 3 heterocycles. The van der Waals surface area contributed by atoms with Crippen LogP contribution in [0.5, 0.6) is 0 Å². The number of nitrogens with zero attached hydrogens (tertiary/aromatic N) is 4. The maximum atomic E-state index is 13.1. The van der Waals surface area contributed by atoms with Gasteiger partial charge in [0.1, 0.15) is 0 Å². The molecule has 0 saturated carbocycles. The van der Waals surface area contributed by atoms with Gasteiger partial charge in [-0.1, -0.05) is 35.7 Å². The molecule has 1 unspecified atom stereocenters. The minimum absolute atomic E-state index is 0.0543. The molecule has 0 bridgehead atoms. The first-order valence-corrected chi connectivity index (χ1v) is 13.0. The first-order chi connectivity index (χ1) is 17.0. The molecule has 2 saturated heterocycles. The summed E-state index contributed by atoms with van der Waals surface area (Å²) in [6, 6.07) is 11.4. The maximum absolute atomic E-state index is 13.1. The number of anilines is 1. The van der Waals surface area contributed by atoms with Gasteiger partial charge in [0, 0.05) is 40.8 Å². The summed E-state index contributed by atoms with van der Waals surface area (Å²) in [6.45, 7) is 4.80. The standard InChI is InChI=1S/C26H31Cl2N5O2/c1-17(22-8-6-19(27)12-23(22)28)33-25-13-20(7-5-18(25)14-30-33)31-10-11-32(21(15-31)16-34)26(35)24-4-2-3-9-29-24/h5-8,12-14,17,21,24,29,34H,2-4,9-11,15-16H2,1H3/t17-,21+,24?/m1/s1. The molecule has 2 aliphatic heterocycles. The number of aliphatic hydroxyl groups excluding tert-OH is 1. The molecule has 7 nitrogen and oxygen atoms in total. The second kappa shape index (κ2) is 10.3. The average Bonchev–Trinajstić information content (AvgIpc) is 3.31. The van der Waals surface area contributed by atoms with Crippen molar-refractivity contribution in [1.82, 2.24) is 20.0 Å². The number of carbonyl (C=O) groups is 1. The highest BCUT2D eigenvalue weighted by Gasteiger charge is 2.34. The number of piperazine rings is 1. The quantitative estimate of drug-likeness (QED) is 0.534. The zero-order chi connectivity index (χ0) is 24.5. The van der Waals surface area contributed by atoms with Gasteiger partial charge in [-0.15, -0.1) is 0 Å². The second-order valence-corrected chi connectivity index (χ2v) is 10.3. The Hall–Kier alpha value is -2.32. The lowest BCUT2D eigenvalue weighted by Gasteiger charge is -2.43. The third-order valence-corrected chi connectivity index (χ3v) is 7.87. The van der Waals surface area contributed by atoms with Gasteiger partial charge in [-0.25, -0.2) is 0 Å². The Labute approximate surface area is 215 Å². The Kier molecular flexibility index (Phi) is 7.21. The fourth-order valence-corrected chi connectivity index (χ4v) is 5.87. The smallest absolute Gasteiger partial charge is 0.240 e. The summed E-state index contributed by atoms with van der Waals surface area (Å²) in [7, 11) is 0. The first-order valence-electron chi connectivity index (χ1n) is 12.3. The molecular formula is C26H31Cl2N5O2. The summed E-state index contributed by atoms with van der Waals surface area (Å²) >= 11 is 12.6. The highest BCUT2D eigenvalue weighted by atomic mass is 35.5. The highest BCUT2D eigenvalue weighted by Crippen LogP contribution is 2.32. The van der Waals surface area contributed by atoms with Crippen molar-refractivity contribution in [2.75, 3.05) is 37.7 Å². The highest BCUT2D eigenvalue weighted by molar-refractivity contribution is 6.35. The zero-order valence-corrected chi connectivity index (χ0v) is 21.3. The summed E-state index contributed by atoms with van der Waals surface area (Å²) in [5.74, 6) is 0.116. The van der Waals surface area contributed by atoms with E-state index in [1.54, 1.807) is 6.07 Å². The number of amides is 1. The molecule has 2 aliphatic rings.